The zero-order valence-corrected chi connectivity index (χ0v) is 16.2. The van der Waals surface area contributed by atoms with E-state index in [9.17, 15) is 9.59 Å². The Bertz CT molecular complexity index is 847. The first-order chi connectivity index (χ1) is 11.8. The zero-order valence-electron chi connectivity index (χ0n) is 15.2. The summed E-state index contributed by atoms with van der Waals surface area (Å²) in [4.78, 5) is 24.0. The molecule has 1 aliphatic rings. The molecule has 0 amide bonds. The fourth-order valence-corrected chi connectivity index (χ4v) is 5.56. The van der Waals surface area contributed by atoms with Crippen molar-refractivity contribution in [1.82, 2.24) is 0 Å². The third kappa shape index (κ3) is 3.25. The van der Waals surface area contributed by atoms with Gasteiger partial charge < -0.3 is 4.74 Å². The van der Waals surface area contributed by atoms with Gasteiger partial charge in [0.05, 0.1) is 14.7 Å². The summed E-state index contributed by atoms with van der Waals surface area (Å²) in [6, 6.07) is 14.3. The van der Waals surface area contributed by atoms with E-state index in [4.69, 9.17) is 4.74 Å². The molecule has 0 bridgehead atoms. The van der Waals surface area contributed by atoms with Crippen molar-refractivity contribution >= 4 is 25.0 Å². The van der Waals surface area contributed by atoms with Crippen LogP contribution in [0.4, 0.5) is 0 Å². The van der Waals surface area contributed by atoms with Crippen LogP contribution in [-0.4, -0.2) is 26.4 Å². The van der Waals surface area contributed by atoms with E-state index in [1.165, 1.54) is 12.1 Å². The van der Waals surface area contributed by atoms with E-state index in [1.807, 2.05) is 24.3 Å². The normalized spacial score (nSPS) is 12.4. The van der Waals surface area contributed by atoms with E-state index in [-0.39, 0.29) is 11.8 Å². The van der Waals surface area contributed by atoms with Gasteiger partial charge in [-0.3, -0.25) is 9.59 Å². The summed E-state index contributed by atoms with van der Waals surface area (Å²) in [6.45, 7) is 8.56. The van der Waals surface area contributed by atoms with Gasteiger partial charge in [0.25, 0.3) is 0 Å². The second kappa shape index (κ2) is 6.49. The van der Waals surface area contributed by atoms with Crippen LogP contribution in [0.5, 0.6) is 0 Å². The van der Waals surface area contributed by atoms with E-state index in [1.54, 1.807) is 0 Å². The van der Waals surface area contributed by atoms with Crippen molar-refractivity contribution in [3.63, 3.8) is 0 Å². The molecule has 0 unspecified atom stereocenters. The molecule has 0 N–H and O–H groups in total. The number of hydrogen-bond acceptors (Lipinski definition) is 3. The van der Waals surface area contributed by atoms with Crippen molar-refractivity contribution in [2.75, 3.05) is 6.61 Å². The van der Waals surface area contributed by atoms with Gasteiger partial charge in [-0.1, -0.05) is 56.0 Å². The minimum atomic E-state index is -1.78. The summed E-state index contributed by atoms with van der Waals surface area (Å²) in [7, 11) is -1.78. The third-order valence-electron chi connectivity index (χ3n) is 4.43. The maximum Gasteiger partial charge on any atom is 0.302 e. The first kappa shape index (κ1) is 17.4. The Hall–Kier alpha value is -2.38. The van der Waals surface area contributed by atoms with E-state index in [0.29, 0.717) is 6.61 Å². The van der Waals surface area contributed by atoms with Gasteiger partial charge in [0.15, 0.2) is 5.78 Å². The molecule has 1 aliphatic carbocycles. The van der Waals surface area contributed by atoms with Crippen molar-refractivity contribution in [2.24, 2.45) is 0 Å². The Kier molecular flexibility index (Phi) is 4.53. The maximum atomic E-state index is 13.0. The molecule has 0 aromatic heterocycles. The van der Waals surface area contributed by atoms with E-state index in [0.717, 1.165) is 40.7 Å². The average molecular weight is 350 g/mol. The van der Waals surface area contributed by atoms with Crippen LogP contribution < -0.4 is 5.19 Å². The van der Waals surface area contributed by atoms with Gasteiger partial charge in [-0.25, -0.2) is 0 Å². The van der Waals surface area contributed by atoms with Crippen LogP contribution in [0.25, 0.3) is 11.1 Å². The van der Waals surface area contributed by atoms with Gasteiger partial charge in [0, 0.05) is 34.7 Å². The number of hydrogen-bond donors (Lipinski definition) is 0. The maximum absolute atomic E-state index is 13.0. The van der Waals surface area contributed by atoms with E-state index >= 15 is 0 Å². The highest BCUT2D eigenvalue weighted by molar-refractivity contribution is 6.90. The van der Waals surface area contributed by atoms with Gasteiger partial charge in [0.2, 0.25) is 0 Å². The molecule has 25 heavy (non-hydrogen) atoms. The van der Waals surface area contributed by atoms with Crippen LogP contribution in [0, 0.1) is 12.1 Å². The smallest absolute Gasteiger partial charge is 0.302 e. The number of fused-ring (bicyclic) bond motifs is 3. The number of benzene rings is 1. The number of ketones is 1. The Balaban J connectivity index is 2.03. The lowest BCUT2D eigenvalue weighted by molar-refractivity contribution is -0.141. The summed E-state index contributed by atoms with van der Waals surface area (Å²) >= 11 is 0. The molecule has 3 rings (SSSR count). The van der Waals surface area contributed by atoms with Crippen molar-refractivity contribution in [3.05, 3.63) is 53.1 Å². The third-order valence-corrected chi connectivity index (χ3v) is 6.49. The highest BCUT2D eigenvalue weighted by Crippen LogP contribution is 2.35. The first-order valence-corrected chi connectivity index (χ1v) is 12.1. The molecule has 4 heteroatoms. The van der Waals surface area contributed by atoms with Crippen LogP contribution >= 0.6 is 0 Å². The number of esters is 1. The lowest BCUT2D eigenvalue weighted by Crippen LogP contribution is -2.43. The van der Waals surface area contributed by atoms with Crippen LogP contribution in [0.3, 0.4) is 0 Å². The monoisotopic (exact) mass is 350 g/mol. The van der Waals surface area contributed by atoms with Gasteiger partial charge in [-0.2, -0.15) is 0 Å². The molecule has 128 valence electrons. The summed E-state index contributed by atoms with van der Waals surface area (Å²) in [5, 5.41) is 1.17. The van der Waals surface area contributed by atoms with Crippen LogP contribution in [0.2, 0.25) is 19.6 Å². The number of ether oxygens (including phenoxy) is 1. The quantitative estimate of drug-likeness (QED) is 0.402. The predicted molar refractivity (Wildman–Crippen MR) is 101 cm³/mol. The Morgan fingerprint density at radius 1 is 1.12 bits per heavy atom. The Labute approximate surface area is 150 Å². The molecule has 0 saturated carbocycles. The Morgan fingerprint density at radius 2 is 1.80 bits per heavy atom. The molecule has 0 aliphatic heterocycles. The van der Waals surface area contributed by atoms with E-state index < -0.39 is 8.07 Å². The molecular formula is C21H22O3Si. The molecule has 0 saturated heterocycles. The van der Waals surface area contributed by atoms with Crippen LogP contribution in [-0.2, 0) is 16.0 Å². The lowest BCUT2D eigenvalue weighted by atomic mass is 10.0. The van der Waals surface area contributed by atoms with Crippen molar-refractivity contribution < 1.29 is 14.3 Å². The van der Waals surface area contributed by atoms with Gasteiger partial charge >= 0.3 is 5.97 Å². The molecule has 0 spiro atoms. The highest BCUT2D eigenvalue weighted by Gasteiger charge is 2.34. The van der Waals surface area contributed by atoms with Crippen molar-refractivity contribution in [2.45, 2.75) is 39.4 Å². The summed E-state index contributed by atoms with van der Waals surface area (Å²) in [5.74, 6) is -0.157. The molecule has 2 aromatic rings. The van der Waals surface area contributed by atoms with Gasteiger partial charge in [0.1, 0.15) is 0 Å². The first-order valence-electron chi connectivity index (χ1n) is 8.58. The number of carbonyl (C=O) groups excluding carboxylic acids is 2. The van der Waals surface area contributed by atoms with Crippen molar-refractivity contribution in [3.8, 4) is 11.1 Å². The largest absolute Gasteiger partial charge is 0.466 e. The molecule has 0 heterocycles. The minimum Gasteiger partial charge on any atom is -0.466 e. The second-order valence-electron chi connectivity index (χ2n) is 7.42. The summed E-state index contributed by atoms with van der Waals surface area (Å²) < 4.78 is 5.03. The second-order valence-corrected chi connectivity index (χ2v) is 12.4. The fraction of sp³-hybridized carbons (Fsp3) is 0.333. The van der Waals surface area contributed by atoms with Crippen LogP contribution in [0.15, 0.2) is 24.3 Å². The standard InChI is InChI=1S/C21H22O3Si/c1-14(22)24-13-7-8-15-11-12-17-16-9-5-6-10-18(16)20(23)19(17)21(15)25(2,3)4/h5-6,9-10H,7-8,13H2,1-4H3. The fourth-order valence-electron chi connectivity index (χ4n) is 3.48. The molecule has 2 aromatic carbocycles. The average Bonchev–Trinajstić information content (AvgIpc) is 2.83. The van der Waals surface area contributed by atoms with E-state index in [2.05, 4.69) is 31.8 Å². The highest BCUT2D eigenvalue weighted by atomic mass is 28.3. The van der Waals surface area contributed by atoms with Gasteiger partial charge in [-0.15, -0.1) is 0 Å². The van der Waals surface area contributed by atoms with Gasteiger partial charge in [-0.05, 0) is 18.0 Å². The summed E-state index contributed by atoms with van der Waals surface area (Å²) in [6.07, 6.45) is 1.46. The topological polar surface area (TPSA) is 43.4 Å². The predicted octanol–water partition coefficient (Wildman–Crippen LogP) is 3.54. The SMILES string of the molecule is CC(=O)OCCCc1c#cc2c(c1[Si](C)(C)C)C(=O)c1ccccc1-2. The van der Waals surface area contributed by atoms with Crippen LogP contribution in [0.1, 0.15) is 34.8 Å². The number of rotatable bonds is 5. The number of carbonyl (C=O) groups is 2. The molecule has 3 nitrogen and oxygen atoms in total. The lowest BCUT2D eigenvalue weighted by Gasteiger charge is -2.22. The van der Waals surface area contributed by atoms with Crippen molar-refractivity contribution in [1.29, 1.82) is 0 Å². The minimum absolute atomic E-state index is 0.106. The Morgan fingerprint density at radius 3 is 2.44 bits per heavy atom. The molecule has 0 fully saturated rings. The molecular weight excluding hydrogens is 328 g/mol. The molecule has 0 atom stereocenters. The molecule has 0 radical (unpaired) electrons. The summed E-state index contributed by atoms with van der Waals surface area (Å²) in [5.41, 5.74) is 4.48. The zero-order chi connectivity index (χ0) is 18.2.